The van der Waals surface area contributed by atoms with Gasteiger partial charge in [0.15, 0.2) is 0 Å². The van der Waals surface area contributed by atoms with Crippen LogP contribution in [0.3, 0.4) is 0 Å². The standard InChI is InChI=1S/C24H36N2O5S/c1-5-7-15-31-23(30)18-17-10-11-24(32-17)19(18)21(28)26(13-8-9-14-27)20(24)22(29)25(12-6-2)16(3)4/h5-6,16-20,27H,1-2,7-15H2,3-4H3/t17-,18+,19+,20?,24?/m1/s1. The lowest BCUT2D eigenvalue weighted by Crippen LogP contribution is -2.56. The summed E-state index contributed by atoms with van der Waals surface area (Å²) in [7, 11) is 0. The number of fused-ring (bicyclic) bond motifs is 1. The fraction of sp³-hybridized carbons (Fsp3) is 0.708. The van der Waals surface area contributed by atoms with E-state index >= 15 is 0 Å². The lowest BCUT2D eigenvalue weighted by Gasteiger charge is -2.38. The number of carbonyl (C=O) groups is 3. The van der Waals surface area contributed by atoms with Crippen molar-refractivity contribution in [2.24, 2.45) is 11.8 Å². The third-order valence-corrected chi connectivity index (χ3v) is 8.86. The van der Waals surface area contributed by atoms with Gasteiger partial charge in [0.25, 0.3) is 0 Å². The Balaban J connectivity index is 1.95. The lowest BCUT2D eigenvalue weighted by molar-refractivity contribution is -0.154. The second-order valence-corrected chi connectivity index (χ2v) is 10.7. The molecule has 2 amide bonds. The number of aliphatic hydroxyl groups is 1. The zero-order chi connectivity index (χ0) is 23.5. The minimum absolute atomic E-state index is 0.00183. The summed E-state index contributed by atoms with van der Waals surface area (Å²) >= 11 is 1.65. The molecule has 0 aromatic heterocycles. The van der Waals surface area contributed by atoms with Gasteiger partial charge >= 0.3 is 5.97 Å². The Morgan fingerprint density at radius 3 is 2.72 bits per heavy atom. The van der Waals surface area contributed by atoms with Crippen molar-refractivity contribution < 1.29 is 24.2 Å². The zero-order valence-corrected chi connectivity index (χ0v) is 20.0. The molecule has 3 aliphatic heterocycles. The fourth-order valence-electron chi connectivity index (χ4n) is 5.53. The molecule has 0 aliphatic carbocycles. The summed E-state index contributed by atoms with van der Waals surface area (Å²) < 4.78 is 4.89. The molecule has 0 saturated carbocycles. The maximum absolute atomic E-state index is 13.9. The van der Waals surface area contributed by atoms with Gasteiger partial charge in [-0.2, -0.15) is 0 Å². The van der Waals surface area contributed by atoms with Gasteiger partial charge in [0.1, 0.15) is 6.04 Å². The van der Waals surface area contributed by atoms with Crippen LogP contribution in [0.4, 0.5) is 0 Å². The Morgan fingerprint density at radius 2 is 2.09 bits per heavy atom. The molecular formula is C24H36N2O5S. The highest BCUT2D eigenvalue weighted by atomic mass is 32.2. The average molecular weight is 465 g/mol. The van der Waals surface area contributed by atoms with Gasteiger partial charge in [-0.1, -0.05) is 12.2 Å². The fourth-order valence-corrected chi connectivity index (χ4v) is 7.73. The first-order valence-corrected chi connectivity index (χ1v) is 12.5. The van der Waals surface area contributed by atoms with Crippen LogP contribution in [0, 0.1) is 11.8 Å². The van der Waals surface area contributed by atoms with Crippen molar-refractivity contribution in [3.05, 3.63) is 25.3 Å². The zero-order valence-electron chi connectivity index (χ0n) is 19.2. The van der Waals surface area contributed by atoms with E-state index in [1.54, 1.807) is 33.7 Å². The maximum atomic E-state index is 13.9. The highest BCUT2D eigenvalue weighted by Gasteiger charge is 2.74. The molecule has 3 rings (SSSR count). The average Bonchev–Trinajstić information content (AvgIpc) is 3.39. The number of likely N-dealkylation sites (tertiary alicyclic amines) is 1. The Bertz CT molecular complexity index is 757. The molecule has 5 atom stereocenters. The Kier molecular flexibility index (Phi) is 8.09. The smallest absolute Gasteiger partial charge is 0.310 e. The molecule has 0 aromatic carbocycles. The minimum Gasteiger partial charge on any atom is -0.465 e. The van der Waals surface area contributed by atoms with Crippen molar-refractivity contribution in [1.82, 2.24) is 9.80 Å². The third kappa shape index (κ3) is 4.23. The van der Waals surface area contributed by atoms with Gasteiger partial charge < -0.3 is 19.6 Å². The van der Waals surface area contributed by atoms with Crippen LogP contribution in [-0.2, 0) is 19.1 Å². The van der Waals surface area contributed by atoms with E-state index in [-0.39, 0.29) is 42.3 Å². The number of amides is 2. The van der Waals surface area contributed by atoms with Gasteiger partial charge in [-0.25, -0.2) is 0 Å². The third-order valence-electron chi connectivity index (χ3n) is 6.91. The molecule has 1 spiro atoms. The minimum atomic E-state index is -0.609. The van der Waals surface area contributed by atoms with Crippen LogP contribution >= 0.6 is 11.8 Å². The van der Waals surface area contributed by atoms with E-state index in [1.807, 2.05) is 13.8 Å². The van der Waals surface area contributed by atoms with Crippen LogP contribution in [0.25, 0.3) is 0 Å². The van der Waals surface area contributed by atoms with Crippen molar-refractivity contribution in [3.63, 3.8) is 0 Å². The normalized spacial score (nSPS) is 30.5. The Hall–Kier alpha value is -1.80. The molecule has 3 heterocycles. The summed E-state index contributed by atoms with van der Waals surface area (Å²) in [6, 6.07) is -0.643. The summed E-state index contributed by atoms with van der Waals surface area (Å²) in [5.41, 5.74) is 0. The molecule has 3 saturated heterocycles. The van der Waals surface area contributed by atoms with Crippen LogP contribution < -0.4 is 0 Å². The highest BCUT2D eigenvalue weighted by Crippen LogP contribution is 2.66. The molecule has 2 unspecified atom stereocenters. The number of aliphatic hydroxyl groups excluding tert-OH is 1. The molecule has 32 heavy (non-hydrogen) atoms. The summed E-state index contributed by atoms with van der Waals surface area (Å²) in [5.74, 6) is -1.59. The van der Waals surface area contributed by atoms with Crippen LogP contribution in [-0.4, -0.2) is 81.1 Å². The van der Waals surface area contributed by atoms with E-state index in [0.717, 1.165) is 12.8 Å². The number of hydrogen-bond donors (Lipinski definition) is 1. The van der Waals surface area contributed by atoms with Crippen LogP contribution in [0.2, 0.25) is 0 Å². The molecule has 7 nitrogen and oxygen atoms in total. The second-order valence-electron chi connectivity index (χ2n) is 9.14. The second kappa shape index (κ2) is 10.4. The highest BCUT2D eigenvalue weighted by molar-refractivity contribution is 8.02. The summed E-state index contributed by atoms with van der Waals surface area (Å²) in [6.45, 7) is 12.5. The van der Waals surface area contributed by atoms with E-state index < -0.39 is 22.6 Å². The lowest BCUT2D eigenvalue weighted by atomic mass is 9.71. The first-order valence-electron chi connectivity index (χ1n) is 11.6. The Labute approximate surface area is 195 Å². The molecule has 1 N–H and O–H groups in total. The molecule has 2 bridgehead atoms. The molecule has 3 fully saturated rings. The van der Waals surface area contributed by atoms with Crippen molar-refractivity contribution in [3.8, 4) is 0 Å². The van der Waals surface area contributed by atoms with Crippen LogP contribution in [0.5, 0.6) is 0 Å². The summed E-state index contributed by atoms with van der Waals surface area (Å²) in [4.78, 5) is 44.0. The topological polar surface area (TPSA) is 87.1 Å². The van der Waals surface area contributed by atoms with Gasteiger partial charge in [-0.15, -0.1) is 24.9 Å². The number of nitrogens with zero attached hydrogens (tertiary/aromatic N) is 2. The number of esters is 1. The quantitative estimate of drug-likeness (QED) is 0.271. The maximum Gasteiger partial charge on any atom is 0.310 e. The van der Waals surface area contributed by atoms with E-state index in [9.17, 15) is 19.5 Å². The van der Waals surface area contributed by atoms with Gasteiger partial charge in [-0.05, 0) is 46.0 Å². The van der Waals surface area contributed by atoms with Crippen molar-refractivity contribution in [2.45, 2.75) is 68.0 Å². The number of hydrogen-bond acceptors (Lipinski definition) is 6. The van der Waals surface area contributed by atoms with E-state index in [0.29, 0.717) is 32.4 Å². The van der Waals surface area contributed by atoms with E-state index in [4.69, 9.17) is 4.74 Å². The number of rotatable bonds is 12. The first-order chi connectivity index (χ1) is 15.3. The SMILES string of the molecule is C=CCCOC(=O)[C@@H]1[C@H]2C(=O)N(CCCCO)C(C(=O)N(CC=C)C(C)C)C23CC[C@H]1S3. The van der Waals surface area contributed by atoms with E-state index in [1.165, 1.54) is 0 Å². The molecule has 8 heteroatoms. The monoisotopic (exact) mass is 464 g/mol. The first kappa shape index (κ1) is 24.8. The van der Waals surface area contributed by atoms with Crippen molar-refractivity contribution in [2.75, 3.05) is 26.3 Å². The summed E-state index contributed by atoms with van der Waals surface area (Å²) in [6.07, 6.45) is 6.68. The van der Waals surface area contributed by atoms with Crippen LogP contribution in [0.1, 0.15) is 46.0 Å². The molecule has 0 aromatic rings. The van der Waals surface area contributed by atoms with E-state index in [2.05, 4.69) is 13.2 Å². The number of unbranched alkanes of at least 4 members (excludes halogenated alkanes) is 1. The molecule has 3 aliphatic rings. The summed E-state index contributed by atoms with van der Waals surface area (Å²) in [5, 5.41) is 9.23. The van der Waals surface area contributed by atoms with Crippen LogP contribution in [0.15, 0.2) is 25.3 Å². The number of carbonyl (C=O) groups excluding carboxylic acids is 3. The number of ether oxygens (including phenoxy) is 1. The molecule has 0 radical (unpaired) electrons. The van der Waals surface area contributed by atoms with Crippen molar-refractivity contribution in [1.29, 1.82) is 0 Å². The predicted octanol–water partition coefficient (Wildman–Crippen LogP) is 2.39. The van der Waals surface area contributed by atoms with Gasteiger partial charge in [0.2, 0.25) is 11.8 Å². The van der Waals surface area contributed by atoms with Gasteiger partial charge in [0.05, 0.1) is 23.2 Å². The largest absolute Gasteiger partial charge is 0.465 e. The van der Waals surface area contributed by atoms with Crippen molar-refractivity contribution >= 4 is 29.5 Å². The molecule has 178 valence electrons. The van der Waals surface area contributed by atoms with Gasteiger partial charge in [-0.3, -0.25) is 14.4 Å². The Morgan fingerprint density at radius 1 is 1.34 bits per heavy atom. The van der Waals surface area contributed by atoms with Gasteiger partial charge in [0, 0.05) is 31.0 Å². The molecular weight excluding hydrogens is 428 g/mol. The number of thioether (sulfide) groups is 1. The predicted molar refractivity (Wildman–Crippen MR) is 125 cm³/mol.